The molecule has 36 heavy (non-hydrogen) atoms. The maximum Gasteiger partial charge on any atom is 0.401 e. The number of anilines is 3. The number of ether oxygens (including phenoxy) is 2. The van der Waals surface area contributed by atoms with Gasteiger partial charge in [-0.15, -0.1) is 0 Å². The number of amides is 1. The fourth-order valence-corrected chi connectivity index (χ4v) is 4.44. The quantitative estimate of drug-likeness (QED) is 0.491. The minimum Gasteiger partial charge on any atom is -0.376 e. The highest BCUT2D eigenvalue weighted by Gasteiger charge is 2.31. The molecule has 1 aromatic heterocycles. The monoisotopic (exact) mass is 510 g/mol. The number of hydrogen-bond acceptors (Lipinski definition) is 6. The Hall–Kier alpha value is -2.76. The van der Waals surface area contributed by atoms with Crippen molar-refractivity contribution in [2.75, 3.05) is 56.3 Å². The lowest BCUT2D eigenvalue weighted by Crippen LogP contribution is -2.37. The third-order valence-electron chi connectivity index (χ3n) is 6.15. The molecule has 1 unspecified atom stereocenters. The Kier molecular flexibility index (Phi) is 8.76. The Bertz CT molecular complexity index is 1030. The Morgan fingerprint density at radius 2 is 2.03 bits per heavy atom. The normalized spacial score (nSPS) is 17.8. The van der Waals surface area contributed by atoms with Gasteiger partial charge >= 0.3 is 6.18 Å². The van der Waals surface area contributed by atoms with Crippen LogP contribution in [-0.2, 0) is 20.8 Å². The number of nitrogens with one attached hydrogen (secondary N) is 1. The first kappa shape index (κ1) is 26.3. The van der Waals surface area contributed by atoms with Crippen LogP contribution < -0.4 is 10.2 Å². The van der Waals surface area contributed by atoms with Crippen LogP contribution >= 0.6 is 0 Å². The molecule has 11 heteroatoms. The second kappa shape index (κ2) is 12.0. The van der Waals surface area contributed by atoms with Gasteiger partial charge in [-0.1, -0.05) is 12.1 Å². The molecule has 1 amide bonds. The minimum absolute atomic E-state index is 0.00741. The van der Waals surface area contributed by atoms with E-state index in [1.54, 1.807) is 17.2 Å². The van der Waals surface area contributed by atoms with E-state index in [0.29, 0.717) is 37.0 Å². The summed E-state index contributed by atoms with van der Waals surface area (Å²) in [5.74, 6) is 0.423. The van der Waals surface area contributed by atoms with E-state index in [1.165, 1.54) is 0 Å². The van der Waals surface area contributed by atoms with Gasteiger partial charge in [0, 0.05) is 24.7 Å². The lowest BCUT2D eigenvalue weighted by atomic mass is 10.1. The molecule has 1 fully saturated rings. The molecule has 1 N–H and O–H groups in total. The number of rotatable bonds is 9. The highest BCUT2D eigenvalue weighted by Crippen LogP contribution is 2.38. The third-order valence-corrected chi connectivity index (χ3v) is 6.15. The molecular weight excluding hydrogens is 480 g/mol. The number of benzene rings is 1. The van der Waals surface area contributed by atoms with E-state index in [0.717, 1.165) is 16.0 Å². The molecule has 0 aliphatic carbocycles. The zero-order valence-electron chi connectivity index (χ0n) is 19.9. The number of carbonyl (C=O) groups excluding carboxylic acids is 1. The van der Waals surface area contributed by atoms with Gasteiger partial charge in [-0.05, 0) is 43.1 Å². The fourth-order valence-electron chi connectivity index (χ4n) is 4.44. The van der Waals surface area contributed by atoms with Gasteiger partial charge in [0.2, 0.25) is 5.91 Å². The summed E-state index contributed by atoms with van der Waals surface area (Å²) in [5.41, 5.74) is 3.04. The predicted octanol–water partition coefficient (Wildman–Crippen LogP) is 4.76. The summed E-state index contributed by atoms with van der Waals surface area (Å²) in [6.45, 7) is -0.0698. The van der Waals surface area contributed by atoms with Crippen molar-refractivity contribution in [3.05, 3.63) is 47.7 Å². The van der Waals surface area contributed by atoms with Gasteiger partial charge in [-0.25, -0.2) is 4.98 Å². The molecule has 1 saturated heterocycles. The molecular formula is C25H30F4N4O3. The van der Waals surface area contributed by atoms with Crippen LogP contribution in [0, 0.1) is 0 Å². The van der Waals surface area contributed by atoms with E-state index in [9.17, 15) is 22.4 Å². The Morgan fingerprint density at radius 1 is 1.19 bits per heavy atom. The SMILES string of the molecule is O=C(CCCN(CCCF)CC(F)(F)F)N1Cc2cccnc2Nc2ccc(C3COCCO3)cc21. The summed E-state index contributed by atoms with van der Waals surface area (Å²) >= 11 is 0. The average molecular weight is 511 g/mol. The number of fused-ring (bicyclic) bond motifs is 2. The number of nitrogens with zero attached hydrogens (tertiary/aromatic N) is 3. The second-order valence-corrected chi connectivity index (χ2v) is 8.86. The van der Waals surface area contributed by atoms with E-state index >= 15 is 0 Å². The number of aromatic nitrogens is 1. The van der Waals surface area contributed by atoms with Crippen molar-refractivity contribution in [3.8, 4) is 0 Å². The Balaban J connectivity index is 1.52. The molecule has 1 atom stereocenters. The largest absolute Gasteiger partial charge is 0.401 e. The van der Waals surface area contributed by atoms with E-state index in [2.05, 4.69) is 10.3 Å². The summed E-state index contributed by atoms with van der Waals surface area (Å²) < 4.78 is 62.6. The molecule has 196 valence electrons. The summed E-state index contributed by atoms with van der Waals surface area (Å²) in [4.78, 5) is 20.6. The van der Waals surface area contributed by atoms with Crippen LogP contribution in [0.5, 0.6) is 0 Å². The molecule has 7 nitrogen and oxygen atoms in total. The smallest absolute Gasteiger partial charge is 0.376 e. The van der Waals surface area contributed by atoms with Crippen LogP contribution in [-0.4, -0.2) is 68.1 Å². The Morgan fingerprint density at radius 3 is 2.78 bits per heavy atom. The highest BCUT2D eigenvalue weighted by atomic mass is 19.4. The van der Waals surface area contributed by atoms with Crippen molar-refractivity contribution < 1.29 is 31.8 Å². The molecule has 2 aromatic rings. The van der Waals surface area contributed by atoms with E-state index in [1.807, 2.05) is 24.3 Å². The van der Waals surface area contributed by atoms with Gasteiger partial charge in [0.1, 0.15) is 11.9 Å². The summed E-state index contributed by atoms with van der Waals surface area (Å²) in [7, 11) is 0. The molecule has 0 bridgehead atoms. The summed E-state index contributed by atoms with van der Waals surface area (Å²) in [6, 6.07) is 9.35. The van der Waals surface area contributed by atoms with Crippen molar-refractivity contribution in [1.82, 2.24) is 9.88 Å². The number of hydrogen-bond donors (Lipinski definition) is 1. The van der Waals surface area contributed by atoms with Crippen molar-refractivity contribution in [1.29, 1.82) is 0 Å². The molecule has 1 aromatic carbocycles. The second-order valence-electron chi connectivity index (χ2n) is 8.86. The number of alkyl halides is 4. The zero-order valence-corrected chi connectivity index (χ0v) is 19.9. The number of carbonyl (C=O) groups is 1. The maximum atomic E-state index is 13.4. The van der Waals surface area contributed by atoms with Gasteiger partial charge in [0.05, 0.1) is 51.0 Å². The molecule has 2 aliphatic heterocycles. The lowest BCUT2D eigenvalue weighted by molar-refractivity contribution is -0.146. The molecule has 0 saturated carbocycles. The van der Waals surface area contributed by atoms with Crippen molar-refractivity contribution in [2.24, 2.45) is 0 Å². The van der Waals surface area contributed by atoms with Gasteiger partial charge in [0.25, 0.3) is 0 Å². The highest BCUT2D eigenvalue weighted by molar-refractivity contribution is 5.98. The average Bonchev–Trinajstić information content (AvgIpc) is 3.03. The van der Waals surface area contributed by atoms with Gasteiger partial charge in [0.15, 0.2) is 0 Å². The topological polar surface area (TPSA) is 66.9 Å². The lowest BCUT2D eigenvalue weighted by Gasteiger charge is -2.27. The predicted molar refractivity (Wildman–Crippen MR) is 127 cm³/mol. The van der Waals surface area contributed by atoms with Crippen LogP contribution in [0.15, 0.2) is 36.5 Å². The summed E-state index contributed by atoms with van der Waals surface area (Å²) in [5, 5.41) is 3.30. The van der Waals surface area contributed by atoms with E-state index in [4.69, 9.17) is 9.47 Å². The molecule has 0 radical (unpaired) electrons. The van der Waals surface area contributed by atoms with Crippen LogP contribution in [0.1, 0.15) is 36.5 Å². The van der Waals surface area contributed by atoms with Gasteiger partial charge in [-0.2, -0.15) is 13.2 Å². The van der Waals surface area contributed by atoms with E-state index < -0.39 is 19.4 Å². The van der Waals surface area contributed by atoms with Crippen LogP contribution in [0.2, 0.25) is 0 Å². The van der Waals surface area contributed by atoms with Gasteiger partial charge < -0.3 is 19.7 Å². The zero-order chi connectivity index (χ0) is 25.5. The van der Waals surface area contributed by atoms with Crippen molar-refractivity contribution in [2.45, 2.75) is 38.1 Å². The maximum absolute atomic E-state index is 13.4. The molecule has 3 heterocycles. The minimum atomic E-state index is -4.38. The van der Waals surface area contributed by atoms with Crippen LogP contribution in [0.3, 0.4) is 0 Å². The molecule has 0 spiro atoms. The van der Waals surface area contributed by atoms with E-state index in [-0.39, 0.29) is 50.9 Å². The third kappa shape index (κ3) is 6.92. The number of pyridine rings is 1. The number of halogens is 4. The van der Waals surface area contributed by atoms with Crippen molar-refractivity contribution >= 4 is 23.1 Å². The molecule has 4 rings (SSSR count). The molecule has 2 aliphatic rings. The first-order valence-corrected chi connectivity index (χ1v) is 12.0. The fraction of sp³-hybridized carbons (Fsp3) is 0.520. The van der Waals surface area contributed by atoms with Gasteiger partial charge in [-0.3, -0.25) is 14.1 Å². The summed E-state index contributed by atoms with van der Waals surface area (Å²) in [6.07, 6.45) is -2.68. The van der Waals surface area contributed by atoms with Crippen molar-refractivity contribution in [3.63, 3.8) is 0 Å². The van der Waals surface area contributed by atoms with Crippen LogP contribution in [0.4, 0.5) is 34.8 Å². The standard InChI is InChI=1S/C25H30F4N4O3/c26-8-3-11-32(17-25(27,28)29)10-2-5-23(34)33-15-19-4-1-9-30-24(19)31-20-7-6-18(14-21(20)33)22-16-35-12-13-36-22/h1,4,6-7,9,14,22H,2-3,5,8,10-13,15-17H2,(H,30,31). The first-order valence-electron chi connectivity index (χ1n) is 12.0. The van der Waals surface area contributed by atoms with Crippen LogP contribution in [0.25, 0.3) is 0 Å². The first-order chi connectivity index (χ1) is 17.3. The Labute approximate surface area is 207 Å².